The molecule has 2 heteroatoms. The normalized spacial score (nSPS) is 17.3. The molecule has 1 nitrogen and oxygen atoms in total. The van der Waals surface area contributed by atoms with Gasteiger partial charge in [-0.25, -0.2) is 0 Å². The van der Waals surface area contributed by atoms with Crippen LogP contribution >= 0.6 is 11.6 Å². The minimum Gasteiger partial charge on any atom is -0.490 e. The molecular weight excluding hydrogens is 196 g/mol. The summed E-state index contributed by atoms with van der Waals surface area (Å²) < 4.78 is 5.90. The molecule has 2 rings (SSSR count). The molecule has 0 unspecified atom stereocenters. The fourth-order valence-electron chi connectivity index (χ4n) is 1.89. The van der Waals surface area contributed by atoms with E-state index in [0.29, 0.717) is 6.10 Å². The van der Waals surface area contributed by atoms with Gasteiger partial charge in [-0.15, -0.1) is 0 Å². The second kappa shape index (κ2) is 4.22. The van der Waals surface area contributed by atoms with Crippen LogP contribution in [0.15, 0.2) is 18.2 Å². The van der Waals surface area contributed by atoms with E-state index in [4.69, 9.17) is 16.3 Å². The summed E-state index contributed by atoms with van der Waals surface area (Å²) in [6, 6.07) is 5.82. The second-order valence-electron chi connectivity index (χ2n) is 3.93. The molecule has 0 amide bonds. The highest BCUT2D eigenvalue weighted by Gasteiger charge is 2.17. The first-order chi connectivity index (χ1) is 6.75. The van der Waals surface area contributed by atoms with E-state index >= 15 is 0 Å². The van der Waals surface area contributed by atoms with Crippen LogP contribution in [0.4, 0.5) is 0 Å². The van der Waals surface area contributed by atoms with Crippen molar-refractivity contribution in [1.29, 1.82) is 0 Å². The molecule has 0 saturated heterocycles. The molecule has 76 valence electrons. The lowest BCUT2D eigenvalue weighted by Gasteiger charge is -2.15. The van der Waals surface area contributed by atoms with Gasteiger partial charge in [0.1, 0.15) is 5.75 Å². The Bertz CT molecular complexity index is 316. The van der Waals surface area contributed by atoms with Gasteiger partial charge >= 0.3 is 0 Å². The van der Waals surface area contributed by atoms with Crippen molar-refractivity contribution >= 4 is 11.6 Å². The van der Waals surface area contributed by atoms with E-state index in [0.717, 1.165) is 10.8 Å². The van der Waals surface area contributed by atoms with E-state index in [1.54, 1.807) is 0 Å². The van der Waals surface area contributed by atoms with Gasteiger partial charge in [0.05, 0.1) is 6.10 Å². The Balaban J connectivity index is 2.10. The van der Waals surface area contributed by atoms with Crippen molar-refractivity contribution in [2.75, 3.05) is 0 Å². The monoisotopic (exact) mass is 210 g/mol. The van der Waals surface area contributed by atoms with Crippen molar-refractivity contribution < 1.29 is 4.74 Å². The van der Waals surface area contributed by atoms with E-state index in [2.05, 4.69) is 6.92 Å². The highest BCUT2D eigenvalue weighted by molar-refractivity contribution is 6.30. The largest absolute Gasteiger partial charge is 0.490 e. The summed E-state index contributed by atoms with van der Waals surface area (Å²) >= 11 is 5.92. The molecule has 0 aliphatic heterocycles. The van der Waals surface area contributed by atoms with Crippen LogP contribution in [0.5, 0.6) is 5.75 Å². The molecule has 0 heterocycles. The molecule has 1 saturated carbocycles. The van der Waals surface area contributed by atoms with Crippen LogP contribution in [-0.4, -0.2) is 6.10 Å². The van der Waals surface area contributed by atoms with Gasteiger partial charge in [-0.1, -0.05) is 17.7 Å². The molecule has 0 spiro atoms. The Kier molecular flexibility index (Phi) is 2.97. The van der Waals surface area contributed by atoms with E-state index in [9.17, 15) is 0 Å². The fourth-order valence-corrected chi connectivity index (χ4v) is 2.05. The van der Waals surface area contributed by atoms with Crippen molar-refractivity contribution in [3.05, 3.63) is 28.8 Å². The van der Waals surface area contributed by atoms with Crippen LogP contribution in [0, 0.1) is 6.92 Å². The van der Waals surface area contributed by atoms with Crippen LogP contribution < -0.4 is 4.74 Å². The van der Waals surface area contributed by atoms with E-state index in [1.807, 2.05) is 18.2 Å². The number of aryl methyl sites for hydroxylation is 1. The summed E-state index contributed by atoms with van der Waals surface area (Å²) in [6.45, 7) is 2.06. The van der Waals surface area contributed by atoms with Gasteiger partial charge in [-0.3, -0.25) is 0 Å². The quantitative estimate of drug-likeness (QED) is 0.718. The Morgan fingerprint density at radius 3 is 2.71 bits per heavy atom. The maximum absolute atomic E-state index is 5.92. The van der Waals surface area contributed by atoms with Crippen molar-refractivity contribution in [3.63, 3.8) is 0 Å². The number of hydrogen-bond donors (Lipinski definition) is 0. The van der Waals surface area contributed by atoms with Crippen LogP contribution in [0.3, 0.4) is 0 Å². The smallest absolute Gasteiger partial charge is 0.124 e. The summed E-state index contributed by atoms with van der Waals surface area (Å²) in [4.78, 5) is 0. The van der Waals surface area contributed by atoms with Crippen molar-refractivity contribution in [2.24, 2.45) is 0 Å². The fraction of sp³-hybridized carbons (Fsp3) is 0.500. The number of rotatable bonds is 2. The van der Waals surface area contributed by atoms with Crippen molar-refractivity contribution in [3.8, 4) is 5.75 Å². The molecule has 1 aliphatic carbocycles. The van der Waals surface area contributed by atoms with E-state index in [-0.39, 0.29) is 0 Å². The zero-order valence-electron chi connectivity index (χ0n) is 8.42. The Morgan fingerprint density at radius 1 is 1.29 bits per heavy atom. The minimum absolute atomic E-state index is 0.409. The Hall–Kier alpha value is -0.690. The molecular formula is C12H15ClO. The summed E-state index contributed by atoms with van der Waals surface area (Å²) in [5.41, 5.74) is 1.17. The zero-order valence-corrected chi connectivity index (χ0v) is 9.18. The first-order valence-electron chi connectivity index (χ1n) is 5.18. The summed E-state index contributed by atoms with van der Waals surface area (Å²) in [5, 5.41) is 0.753. The van der Waals surface area contributed by atoms with Gasteiger partial charge < -0.3 is 4.74 Å². The third kappa shape index (κ3) is 2.21. The molecule has 0 N–H and O–H groups in total. The minimum atomic E-state index is 0.409. The molecule has 0 atom stereocenters. The van der Waals surface area contributed by atoms with Crippen LogP contribution in [0.1, 0.15) is 31.2 Å². The van der Waals surface area contributed by atoms with Crippen LogP contribution in [0.2, 0.25) is 5.02 Å². The molecule has 1 fully saturated rings. The highest BCUT2D eigenvalue weighted by Crippen LogP contribution is 2.28. The van der Waals surface area contributed by atoms with Crippen molar-refractivity contribution in [2.45, 2.75) is 38.7 Å². The molecule has 0 bridgehead atoms. The molecule has 0 aromatic heterocycles. The highest BCUT2D eigenvalue weighted by atomic mass is 35.5. The standard InChI is InChI=1S/C12H15ClO/c1-9-6-7-10(13)8-12(9)14-11-4-2-3-5-11/h6-8,11H,2-5H2,1H3. The molecule has 1 aromatic carbocycles. The first-order valence-corrected chi connectivity index (χ1v) is 5.56. The number of benzene rings is 1. The van der Waals surface area contributed by atoms with Gasteiger partial charge in [-0.2, -0.15) is 0 Å². The lowest BCUT2D eigenvalue weighted by Crippen LogP contribution is -2.11. The predicted octanol–water partition coefficient (Wildman–Crippen LogP) is 3.97. The Morgan fingerprint density at radius 2 is 2.00 bits per heavy atom. The van der Waals surface area contributed by atoms with Gasteiger partial charge in [-0.05, 0) is 50.3 Å². The number of ether oxygens (including phenoxy) is 1. The second-order valence-corrected chi connectivity index (χ2v) is 4.37. The lowest BCUT2D eigenvalue weighted by atomic mass is 10.2. The van der Waals surface area contributed by atoms with Crippen LogP contribution in [-0.2, 0) is 0 Å². The van der Waals surface area contributed by atoms with Gasteiger partial charge in [0.25, 0.3) is 0 Å². The topological polar surface area (TPSA) is 9.23 Å². The predicted molar refractivity (Wildman–Crippen MR) is 59.1 cm³/mol. The summed E-state index contributed by atoms with van der Waals surface area (Å²) in [7, 11) is 0. The maximum Gasteiger partial charge on any atom is 0.124 e. The van der Waals surface area contributed by atoms with Gasteiger partial charge in [0.2, 0.25) is 0 Å². The SMILES string of the molecule is Cc1ccc(Cl)cc1OC1CCCC1. The first kappa shape index (κ1) is 9.85. The molecule has 14 heavy (non-hydrogen) atoms. The van der Waals surface area contributed by atoms with Gasteiger partial charge in [0.15, 0.2) is 0 Å². The summed E-state index contributed by atoms with van der Waals surface area (Å²) in [6.07, 6.45) is 5.37. The van der Waals surface area contributed by atoms with E-state index in [1.165, 1.54) is 31.2 Å². The van der Waals surface area contributed by atoms with Crippen LogP contribution in [0.25, 0.3) is 0 Å². The van der Waals surface area contributed by atoms with Crippen molar-refractivity contribution in [1.82, 2.24) is 0 Å². The zero-order chi connectivity index (χ0) is 9.97. The average Bonchev–Trinajstić information content (AvgIpc) is 2.64. The maximum atomic E-state index is 5.92. The third-order valence-corrected chi connectivity index (χ3v) is 2.98. The summed E-state index contributed by atoms with van der Waals surface area (Å²) in [5.74, 6) is 0.949. The molecule has 1 aliphatic rings. The lowest BCUT2D eigenvalue weighted by molar-refractivity contribution is 0.208. The molecule has 1 aromatic rings. The third-order valence-electron chi connectivity index (χ3n) is 2.75. The number of halogens is 1. The van der Waals surface area contributed by atoms with Gasteiger partial charge in [0, 0.05) is 5.02 Å². The van der Waals surface area contributed by atoms with E-state index < -0.39 is 0 Å². The molecule has 0 radical (unpaired) electrons. The average molecular weight is 211 g/mol. The Labute approximate surface area is 90.0 Å². The number of hydrogen-bond acceptors (Lipinski definition) is 1.